The van der Waals surface area contributed by atoms with Gasteiger partial charge < -0.3 is 15.2 Å². The van der Waals surface area contributed by atoms with Crippen LogP contribution in [0.4, 0.5) is 5.69 Å². The van der Waals surface area contributed by atoms with Crippen molar-refractivity contribution in [3.8, 4) is 0 Å². The number of carbonyl (C=O) groups is 2. The molecule has 0 aliphatic carbocycles. The number of carboxylic acids is 1. The molecule has 1 amide bonds. The molecule has 8 heteroatoms. The van der Waals surface area contributed by atoms with Gasteiger partial charge in [-0.25, -0.2) is 13.2 Å². The van der Waals surface area contributed by atoms with E-state index in [1.807, 2.05) is 6.92 Å². The molecule has 0 radical (unpaired) electrons. The van der Waals surface area contributed by atoms with Crippen LogP contribution in [-0.2, 0) is 19.4 Å². The lowest BCUT2D eigenvalue weighted by Gasteiger charge is -2.27. The number of hydrogen-bond acceptors (Lipinski definition) is 5. The smallest absolute Gasteiger partial charge is 0.335 e. The summed E-state index contributed by atoms with van der Waals surface area (Å²) in [5.74, 6) is -1.60. The molecule has 1 aliphatic heterocycles. The summed E-state index contributed by atoms with van der Waals surface area (Å²) in [6.45, 7) is 3.05. The van der Waals surface area contributed by atoms with Crippen molar-refractivity contribution in [2.45, 2.75) is 24.7 Å². The SMILES string of the molecule is CC(C(=O)Nc1cc(C(=O)O)cc(S(C)(=O)=O)c1)C1CCOCC1. The maximum atomic E-state index is 12.4. The van der Waals surface area contributed by atoms with Gasteiger partial charge in [-0.3, -0.25) is 4.79 Å². The topological polar surface area (TPSA) is 110 Å². The lowest BCUT2D eigenvalue weighted by Crippen LogP contribution is -2.31. The Bertz CT molecular complexity index is 737. The fourth-order valence-corrected chi connectivity index (χ4v) is 3.38. The molecule has 1 saturated heterocycles. The molecule has 1 aromatic rings. The minimum Gasteiger partial charge on any atom is -0.478 e. The predicted octanol–water partition coefficient (Wildman–Crippen LogP) is 1.79. The van der Waals surface area contributed by atoms with E-state index >= 15 is 0 Å². The lowest BCUT2D eigenvalue weighted by molar-refractivity contribution is -0.122. The molecule has 132 valence electrons. The van der Waals surface area contributed by atoms with Gasteiger partial charge in [0.25, 0.3) is 0 Å². The summed E-state index contributed by atoms with van der Waals surface area (Å²) in [4.78, 5) is 23.4. The summed E-state index contributed by atoms with van der Waals surface area (Å²) < 4.78 is 28.7. The highest BCUT2D eigenvalue weighted by atomic mass is 32.2. The zero-order valence-electron chi connectivity index (χ0n) is 13.6. The van der Waals surface area contributed by atoms with Crippen molar-refractivity contribution in [2.75, 3.05) is 24.8 Å². The normalized spacial score (nSPS) is 17.2. The van der Waals surface area contributed by atoms with E-state index in [0.717, 1.165) is 25.2 Å². The number of ether oxygens (including phenoxy) is 1. The minimum atomic E-state index is -3.59. The molecule has 0 saturated carbocycles. The number of nitrogens with one attached hydrogen (secondary N) is 1. The fraction of sp³-hybridized carbons (Fsp3) is 0.500. The van der Waals surface area contributed by atoms with E-state index in [2.05, 4.69) is 5.32 Å². The molecule has 0 spiro atoms. The number of sulfone groups is 1. The van der Waals surface area contributed by atoms with Crippen LogP contribution in [0.15, 0.2) is 23.1 Å². The van der Waals surface area contributed by atoms with Crippen molar-refractivity contribution in [1.29, 1.82) is 0 Å². The molecule has 24 heavy (non-hydrogen) atoms. The Morgan fingerprint density at radius 1 is 1.25 bits per heavy atom. The molecular weight excluding hydrogens is 334 g/mol. The first kappa shape index (κ1) is 18.4. The van der Waals surface area contributed by atoms with E-state index in [4.69, 9.17) is 9.84 Å². The standard InChI is InChI=1S/C16H21NO6S/c1-10(11-3-5-23-6-4-11)15(18)17-13-7-12(16(19)20)8-14(9-13)24(2,21)22/h7-11H,3-6H2,1-2H3,(H,17,18)(H,19,20). The zero-order chi connectivity index (χ0) is 17.9. The largest absolute Gasteiger partial charge is 0.478 e. The van der Waals surface area contributed by atoms with Crippen molar-refractivity contribution >= 4 is 27.4 Å². The number of amides is 1. The maximum absolute atomic E-state index is 12.4. The molecule has 7 nitrogen and oxygen atoms in total. The average Bonchev–Trinajstić information content (AvgIpc) is 2.53. The monoisotopic (exact) mass is 355 g/mol. The second kappa shape index (κ2) is 7.31. The number of rotatable bonds is 5. The molecule has 1 atom stereocenters. The molecule has 1 aliphatic rings. The first-order valence-corrected chi connectivity index (χ1v) is 9.54. The Labute approximate surface area is 140 Å². The number of benzene rings is 1. The fourth-order valence-electron chi connectivity index (χ4n) is 2.69. The zero-order valence-corrected chi connectivity index (χ0v) is 14.4. The summed E-state index contributed by atoms with van der Waals surface area (Å²) in [6.07, 6.45) is 2.57. The maximum Gasteiger partial charge on any atom is 0.335 e. The number of carbonyl (C=O) groups excluding carboxylic acids is 1. The van der Waals surface area contributed by atoms with Crippen LogP contribution in [0, 0.1) is 11.8 Å². The van der Waals surface area contributed by atoms with Gasteiger partial charge in [0.05, 0.1) is 10.5 Å². The predicted molar refractivity (Wildman–Crippen MR) is 87.8 cm³/mol. The van der Waals surface area contributed by atoms with Crippen LogP contribution >= 0.6 is 0 Å². The van der Waals surface area contributed by atoms with Gasteiger partial charge in [0, 0.05) is 31.1 Å². The van der Waals surface area contributed by atoms with Crippen LogP contribution in [0.25, 0.3) is 0 Å². The number of anilines is 1. The van der Waals surface area contributed by atoms with E-state index in [1.165, 1.54) is 12.1 Å². The Morgan fingerprint density at radius 3 is 2.42 bits per heavy atom. The van der Waals surface area contributed by atoms with Gasteiger partial charge in [-0.2, -0.15) is 0 Å². The summed E-state index contributed by atoms with van der Waals surface area (Å²) in [6, 6.07) is 3.61. The molecular formula is C16H21NO6S. The molecule has 2 rings (SSSR count). The lowest BCUT2D eigenvalue weighted by atomic mass is 9.87. The van der Waals surface area contributed by atoms with E-state index in [0.29, 0.717) is 13.2 Å². The Hall–Kier alpha value is -1.93. The molecule has 2 N–H and O–H groups in total. The van der Waals surface area contributed by atoms with Crippen LogP contribution in [-0.4, -0.2) is 44.9 Å². The highest BCUT2D eigenvalue weighted by Crippen LogP contribution is 2.26. The van der Waals surface area contributed by atoms with Crippen molar-refractivity contribution < 1.29 is 27.9 Å². The quantitative estimate of drug-likeness (QED) is 0.833. The first-order chi connectivity index (χ1) is 11.2. The molecule has 1 fully saturated rings. The Kier molecular flexibility index (Phi) is 5.61. The van der Waals surface area contributed by atoms with Crippen molar-refractivity contribution in [2.24, 2.45) is 11.8 Å². The second-order valence-corrected chi connectivity index (χ2v) is 8.07. The van der Waals surface area contributed by atoms with Crippen molar-refractivity contribution in [3.63, 3.8) is 0 Å². The van der Waals surface area contributed by atoms with Gasteiger partial charge >= 0.3 is 5.97 Å². The molecule has 0 aromatic heterocycles. The molecule has 0 bridgehead atoms. The van der Waals surface area contributed by atoms with Crippen LogP contribution in [0.5, 0.6) is 0 Å². The van der Waals surface area contributed by atoms with Gasteiger partial charge in [-0.05, 0) is 37.0 Å². The molecule has 1 aromatic carbocycles. The van der Waals surface area contributed by atoms with E-state index in [-0.39, 0.29) is 33.9 Å². The number of carboxylic acid groups (broad SMARTS) is 1. The summed E-state index contributed by atoms with van der Waals surface area (Å²) in [5.41, 5.74) is -0.0221. The average molecular weight is 355 g/mol. The third-order valence-electron chi connectivity index (χ3n) is 4.24. The van der Waals surface area contributed by atoms with Crippen LogP contribution in [0.1, 0.15) is 30.1 Å². The van der Waals surface area contributed by atoms with Gasteiger partial charge in [0.1, 0.15) is 0 Å². The van der Waals surface area contributed by atoms with E-state index < -0.39 is 15.8 Å². The van der Waals surface area contributed by atoms with Crippen molar-refractivity contribution in [1.82, 2.24) is 0 Å². The third kappa shape index (κ3) is 4.55. The molecule has 1 heterocycles. The minimum absolute atomic E-state index is 0.142. The Morgan fingerprint density at radius 2 is 1.88 bits per heavy atom. The van der Waals surface area contributed by atoms with Crippen LogP contribution in [0.3, 0.4) is 0 Å². The highest BCUT2D eigenvalue weighted by molar-refractivity contribution is 7.90. The van der Waals surface area contributed by atoms with Crippen molar-refractivity contribution in [3.05, 3.63) is 23.8 Å². The van der Waals surface area contributed by atoms with Gasteiger partial charge in [-0.1, -0.05) is 6.92 Å². The summed E-state index contributed by atoms with van der Waals surface area (Å²) in [5, 5.41) is 11.8. The number of aromatic carboxylic acids is 1. The highest BCUT2D eigenvalue weighted by Gasteiger charge is 2.26. The van der Waals surface area contributed by atoms with Crippen LogP contribution < -0.4 is 5.32 Å². The third-order valence-corrected chi connectivity index (χ3v) is 5.33. The summed E-state index contributed by atoms with van der Waals surface area (Å²) >= 11 is 0. The van der Waals surface area contributed by atoms with Gasteiger partial charge in [0.15, 0.2) is 9.84 Å². The second-order valence-electron chi connectivity index (χ2n) is 6.05. The van der Waals surface area contributed by atoms with E-state index in [1.54, 1.807) is 0 Å². The van der Waals surface area contributed by atoms with Crippen LogP contribution in [0.2, 0.25) is 0 Å². The number of hydrogen-bond donors (Lipinski definition) is 2. The van der Waals surface area contributed by atoms with Gasteiger partial charge in [0.2, 0.25) is 5.91 Å². The summed E-state index contributed by atoms with van der Waals surface area (Å²) in [7, 11) is -3.59. The Balaban J connectivity index is 2.23. The van der Waals surface area contributed by atoms with Gasteiger partial charge in [-0.15, -0.1) is 0 Å². The first-order valence-electron chi connectivity index (χ1n) is 7.65. The van der Waals surface area contributed by atoms with E-state index in [9.17, 15) is 18.0 Å². The molecule has 1 unspecified atom stereocenters.